The molecule has 0 bridgehead atoms. The van der Waals surface area contributed by atoms with Crippen molar-refractivity contribution in [3.8, 4) is 0 Å². The summed E-state index contributed by atoms with van der Waals surface area (Å²) < 4.78 is 365. The Morgan fingerprint density at radius 1 is 0.326 bits per heavy atom. The summed E-state index contributed by atoms with van der Waals surface area (Å²) in [6, 6.07) is -2.26. The molecule has 0 radical (unpaired) electrons. The summed E-state index contributed by atoms with van der Waals surface area (Å²) in [5.74, 6) is -72.4. The Bertz CT molecular complexity index is 1230. The topological polar surface area (TPSA) is 17.1 Å². The molecule has 0 atom stereocenters. The Hall–Kier alpha value is -2.37. The molecule has 270 valence electrons. The smallest absolute Gasteiger partial charge is 0.305 e. The van der Waals surface area contributed by atoms with Crippen molar-refractivity contribution in [3.05, 3.63) is 30.3 Å². The predicted molar refractivity (Wildman–Crippen MR) is 95.3 cm³/mol. The Morgan fingerprint density at radius 2 is 0.543 bits per heavy atom. The van der Waals surface area contributed by atoms with Crippen LogP contribution in [0.3, 0.4) is 0 Å². The maximum absolute atomic E-state index is 14.9. The van der Waals surface area contributed by atoms with Crippen LogP contribution in [0.1, 0.15) is 0 Å². The van der Waals surface area contributed by atoms with E-state index in [4.69, 9.17) is 0 Å². The summed E-state index contributed by atoms with van der Waals surface area (Å²) in [4.78, 5) is 0. The Kier molecular flexibility index (Phi) is 9.57. The lowest BCUT2D eigenvalue weighted by Gasteiger charge is -2.46. The van der Waals surface area contributed by atoms with E-state index in [2.05, 4.69) is 0 Å². The third-order valence-electron chi connectivity index (χ3n) is 5.74. The lowest BCUT2D eigenvalue weighted by molar-refractivity contribution is -0.437. The van der Waals surface area contributed by atoms with Gasteiger partial charge in [-0.25, -0.2) is 0 Å². The fraction of sp³-hybridized carbons (Fsp3) is 0.667. The minimum atomic E-state index is -10.1. The van der Waals surface area contributed by atoms with Crippen LogP contribution in [0.25, 0.3) is 0 Å². The highest BCUT2D eigenvalue weighted by Crippen LogP contribution is 2.80. The van der Waals surface area contributed by atoms with Gasteiger partial charge in [-0.1, -0.05) is 30.3 Å². The van der Waals surface area contributed by atoms with Gasteiger partial charge in [0.15, 0.2) is 0 Å². The minimum absolute atomic E-state index is 0.222. The third kappa shape index (κ3) is 4.80. The highest BCUT2D eigenvalue weighted by molar-refractivity contribution is 7.74. The van der Waals surface area contributed by atoms with Gasteiger partial charge in [0, 0.05) is 5.30 Å². The van der Waals surface area contributed by atoms with Crippen molar-refractivity contribution in [2.45, 2.75) is 71.1 Å². The van der Waals surface area contributed by atoms with E-state index >= 15 is 0 Å². The van der Waals surface area contributed by atoms with Crippen molar-refractivity contribution in [3.63, 3.8) is 0 Å². The van der Waals surface area contributed by atoms with E-state index in [1.807, 2.05) is 0 Å². The number of hydrogen-bond acceptors (Lipinski definition) is 1. The number of rotatable bonds is 11. The molecule has 0 saturated heterocycles. The summed E-state index contributed by atoms with van der Waals surface area (Å²) >= 11 is 0. The van der Waals surface area contributed by atoms with Crippen molar-refractivity contribution >= 4 is 12.4 Å². The van der Waals surface area contributed by atoms with Crippen LogP contribution in [0.15, 0.2) is 30.3 Å². The SMILES string of the molecule is O=P(c1ccccc1)(C(F)(F)C(F)(F)C(F)(F)C(F)(F)C(F)(F)C(F)(F)F)C(F)(F)C(F)(F)C(F)(F)C(F)(F)C(F)(F)C(F)(F)F. The summed E-state index contributed by atoms with van der Waals surface area (Å²) in [6.45, 7) is 0. The minimum Gasteiger partial charge on any atom is -0.305 e. The van der Waals surface area contributed by atoms with Gasteiger partial charge in [-0.15, -0.1) is 0 Å². The van der Waals surface area contributed by atoms with E-state index in [9.17, 15) is 119 Å². The molecule has 0 saturated carbocycles. The maximum atomic E-state index is 14.9. The molecule has 0 heterocycles. The third-order valence-corrected chi connectivity index (χ3v) is 8.91. The molecular weight excluding hydrogens is 757 g/mol. The highest BCUT2D eigenvalue weighted by Gasteiger charge is 2.98. The summed E-state index contributed by atoms with van der Waals surface area (Å²) in [5.41, 5.74) is -18.1. The molecule has 46 heavy (non-hydrogen) atoms. The molecule has 1 rings (SSSR count). The number of halogens is 26. The van der Waals surface area contributed by atoms with E-state index in [-0.39, 0.29) is 18.2 Å². The summed E-state index contributed by atoms with van der Waals surface area (Å²) in [7, 11) is -10.1. The second-order valence-electron chi connectivity index (χ2n) is 8.62. The second-order valence-corrected chi connectivity index (χ2v) is 11.5. The van der Waals surface area contributed by atoms with Crippen molar-refractivity contribution in [1.29, 1.82) is 0 Å². The Morgan fingerprint density at radius 3 is 0.761 bits per heavy atom. The normalized spacial score (nSPS) is 16.6. The quantitative estimate of drug-likeness (QED) is 0.162. The monoisotopic (exact) mass is 762 g/mol. The Balaban J connectivity index is 4.36. The van der Waals surface area contributed by atoms with Crippen LogP contribution in [-0.2, 0) is 4.57 Å². The maximum Gasteiger partial charge on any atom is 0.460 e. The molecule has 0 aliphatic heterocycles. The number of alkyl halides is 26. The summed E-state index contributed by atoms with van der Waals surface area (Å²) in [5, 5.41) is -3.42. The summed E-state index contributed by atoms with van der Waals surface area (Å²) in [6.07, 6.45) is -16.3. The van der Waals surface area contributed by atoms with Crippen molar-refractivity contribution in [2.24, 2.45) is 0 Å². The molecule has 28 heteroatoms. The van der Waals surface area contributed by atoms with Crippen LogP contribution >= 0.6 is 7.14 Å². The van der Waals surface area contributed by atoms with Crippen molar-refractivity contribution in [2.75, 3.05) is 0 Å². The largest absolute Gasteiger partial charge is 0.460 e. The molecule has 0 aromatic heterocycles. The van der Waals surface area contributed by atoms with Crippen LogP contribution in [0.4, 0.5) is 114 Å². The lowest BCUT2D eigenvalue weighted by Crippen LogP contribution is -2.73. The molecule has 0 spiro atoms. The first-order valence-corrected chi connectivity index (χ1v) is 11.9. The molecule has 1 aromatic carbocycles. The molecule has 0 unspecified atom stereocenters. The van der Waals surface area contributed by atoms with Crippen LogP contribution < -0.4 is 5.30 Å². The average molecular weight is 762 g/mol. The zero-order valence-electron chi connectivity index (χ0n) is 20.1. The van der Waals surface area contributed by atoms with Gasteiger partial charge in [0.05, 0.1) is 0 Å². The van der Waals surface area contributed by atoms with Gasteiger partial charge in [0.1, 0.15) is 0 Å². The fourth-order valence-corrected chi connectivity index (χ4v) is 5.72. The molecular formula is C18H5F26OP. The first-order chi connectivity index (χ1) is 19.6. The molecule has 1 nitrogen and oxygen atoms in total. The standard InChI is InChI=1S/C18H5F26OP/c19-7(20,11(27,28)15(35,36)37)9(23,24)13(31,32)17(41,42)46(45,6-4-2-1-3-5-6)18(43,44)14(33,34)10(25,26)8(21,22)12(29,30)16(38,39)40/h1-5H. The molecule has 0 aliphatic rings. The van der Waals surface area contributed by atoms with Gasteiger partial charge in [-0.3, -0.25) is 0 Å². The first kappa shape index (κ1) is 41.7. The predicted octanol–water partition coefficient (Wildman–Crippen LogP) is 10.1. The molecule has 0 amide bonds. The van der Waals surface area contributed by atoms with Gasteiger partial charge < -0.3 is 4.57 Å². The second kappa shape index (κ2) is 10.6. The van der Waals surface area contributed by atoms with Gasteiger partial charge >= 0.3 is 71.1 Å². The van der Waals surface area contributed by atoms with E-state index in [1.54, 1.807) is 0 Å². The molecule has 0 fully saturated rings. The Labute approximate surface area is 233 Å². The first-order valence-electron chi connectivity index (χ1n) is 10.2. The lowest BCUT2D eigenvalue weighted by atomic mass is 9.98. The van der Waals surface area contributed by atoms with Gasteiger partial charge in [0.2, 0.25) is 0 Å². The van der Waals surface area contributed by atoms with E-state index < -0.39 is 95.6 Å². The van der Waals surface area contributed by atoms with E-state index in [1.165, 1.54) is 0 Å². The van der Waals surface area contributed by atoms with E-state index in [0.29, 0.717) is 0 Å². The van der Waals surface area contributed by atoms with E-state index in [0.717, 1.165) is 0 Å². The zero-order chi connectivity index (χ0) is 37.6. The van der Waals surface area contributed by atoms with Gasteiger partial charge in [0.25, 0.3) is 7.14 Å². The molecule has 1 aromatic rings. The average Bonchev–Trinajstić information content (AvgIpc) is 2.86. The van der Waals surface area contributed by atoms with Crippen LogP contribution in [-0.4, -0.2) is 71.1 Å². The molecule has 0 N–H and O–H groups in total. The number of benzene rings is 1. The fourth-order valence-electron chi connectivity index (χ4n) is 3.06. The van der Waals surface area contributed by atoms with Crippen LogP contribution in [0.2, 0.25) is 0 Å². The van der Waals surface area contributed by atoms with Crippen LogP contribution in [0.5, 0.6) is 0 Å². The van der Waals surface area contributed by atoms with Crippen LogP contribution in [0, 0.1) is 0 Å². The van der Waals surface area contributed by atoms with Crippen molar-refractivity contribution in [1.82, 2.24) is 0 Å². The zero-order valence-corrected chi connectivity index (χ0v) is 21.0. The van der Waals surface area contributed by atoms with Crippen molar-refractivity contribution < 1.29 is 119 Å². The van der Waals surface area contributed by atoms with Gasteiger partial charge in [-0.2, -0.15) is 114 Å². The number of hydrogen-bond donors (Lipinski definition) is 0. The highest BCUT2D eigenvalue weighted by atomic mass is 31.2. The van der Waals surface area contributed by atoms with Gasteiger partial charge in [-0.05, 0) is 0 Å². The molecule has 0 aliphatic carbocycles.